The predicted molar refractivity (Wildman–Crippen MR) is 181 cm³/mol. The highest BCUT2D eigenvalue weighted by Crippen LogP contribution is 2.38. The van der Waals surface area contributed by atoms with Gasteiger partial charge in [-0.05, 0) is 54.2 Å². The summed E-state index contributed by atoms with van der Waals surface area (Å²) in [5, 5.41) is 10.8. The van der Waals surface area contributed by atoms with Crippen molar-refractivity contribution in [3.8, 4) is 22.4 Å². The lowest BCUT2D eigenvalue weighted by atomic mass is 9.91. The Morgan fingerprint density at radius 2 is 1.71 bits per heavy atom. The van der Waals surface area contributed by atoms with Gasteiger partial charge < -0.3 is 29.8 Å². The molecule has 48 heavy (non-hydrogen) atoms. The molecule has 2 aliphatic heterocycles. The number of ether oxygens (including phenoxy) is 1. The quantitative estimate of drug-likeness (QED) is 0.280. The topological polar surface area (TPSA) is 155 Å². The number of hydrogen-bond donors (Lipinski definition) is 2. The number of aliphatic hydroxyl groups is 1. The number of aryl methyl sites for hydroxylation is 1. The molecule has 5 heterocycles. The molecular formula is C35H37N9O4. The first kappa shape index (κ1) is 31.2. The van der Waals surface area contributed by atoms with E-state index in [1.165, 1.54) is 11.8 Å². The molecule has 1 unspecified atom stereocenters. The number of nitrogen functional groups attached to an aromatic ring is 1. The second kappa shape index (κ2) is 12.3. The number of imidazole rings is 1. The van der Waals surface area contributed by atoms with Gasteiger partial charge in [0.1, 0.15) is 11.4 Å². The number of carbonyl (C=O) groups is 2. The van der Waals surface area contributed by atoms with Crippen molar-refractivity contribution in [2.24, 2.45) is 0 Å². The van der Waals surface area contributed by atoms with Crippen LogP contribution in [0.25, 0.3) is 28.0 Å². The van der Waals surface area contributed by atoms with E-state index in [4.69, 9.17) is 20.4 Å². The van der Waals surface area contributed by atoms with Crippen LogP contribution in [0.5, 0.6) is 0 Å². The van der Waals surface area contributed by atoms with Gasteiger partial charge >= 0.3 is 0 Å². The number of amides is 2. The van der Waals surface area contributed by atoms with Crippen LogP contribution >= 0.6 is 0 Å². The zero-order valence-electron chi connectivity index (χ0n) is 27.1. The first-order chi connectivity index (χ1) is 23.1. The van der Waals surface area contributed by atoms with E-state index in [-0.39, 0.29) is 17.8 Å². The molecule has 1 fully saturated rings. The Bertz CT molecular complexity index is 2000. The first-order valence-electron chi connectivity index (χ1n) is 15.9. The molecule has 5 aromatic rings. The third kappa shape index (κ3) is 5.93. The lowest BCUT2D eigenvalue weighted by Crippen LogP contribution is -2.52. The van der Waals surface area contributed by atoms with Crippen molar-refractivity contribution in [1.82, 2.24) is 29.2 Å². The Labute approximate surface area is 277 Å². The highest BCUT2D eigenvalue weighted by Gasteiger charge is 2.37. The fourth-order valence-corrected chi connectivity index (χ4v) is 6.46. The second-order valence-corrected chi connectivity index (χ2v) is 12.5. The van der Waals surface area contributed by atoms with Gasteiger partial charge in [0.05, 0.1) is 18.9 Å². The number of benzene rings is 2. The first-order valence-corrected chi connectivity index (χ1v) is 15.9. The summed E-state index contributed by atoms with van der Waals surface area (Å²) in [6, 6.07) is 14.0. The lowest BCUT2D eigenvalue weighted by molar-refractivity contribution is -0.121. The maximum atomic E-state index is 13.7. The summed E-state index contributed by atoms with van der Waals surface area (Å²) in [5.41, 5.74) is 11.5. The second-order valence-electron chi connectivity index (χ2n) is 12.5. The zero-order valence-corrected chi connectivity index (χ0v) is 27.1. The minimum atomic E-state index is -1.20. The molecule has 0 bridgehead atoms. The summed E-state index contributed by atoms with van der Waals surface area (Å²) in [6.07, 6.45) is 7.94. The van der Waals surface area contributed by atoms with Crippen molar-refractivity contribution in [3.05, 3.63) is 84.1 Å². The van der Waals surface area contributed by atoms with E-state index < -0.39 is 5.72 Å². The number of carbonyl (C=O) groups excluding carboxylic acids is 2. The Kier molecular flexibility index (Phi) is 8.01. The summed E-state index contributed by atoms with van der Waals surface area (Å²) >= 11 is 0. The number of nitrogens with two attached hydrogens (primary N) is 1. The van der Waals surface area contributed by atoms with Crippen molar-refractivity contribution in [2.75, 3.05) is 48.9 Å². The van der Waals surface area contributed by atoms with Gasteiger partial charge in [0.15, 0.2) is 11.5 Å². The minimum absolute atomic E-state index is 0.179. The van der Waals surface area contributed by atoms with Crippen molar-refractivity contribution < 1.29 is 19.4 Å². The van der Waals surface area contributed by atoms with Gasteiger partial charge in [0.25, 0.3) is 5.91 Å². The molecule has 0 radical (unpaired) electrons. The van der Waals surface area contributed by atoms with Crippen LogP contribution in [0.4, 0.5) is 17.5 Å². The van der Waals surface area contributed by atoms with Crippen molar-refractivity contribution in [1.29, 1.82) is 0 Å². The van der Waals surface area contributed by atoms with E-state index in [1.54, 1.807) is 37.5 Å². The predicted octanol–water partition coefficient (Wildman–Crippen LogP) is 3.55. The molecule has 0 saturated carbocycles. The third-order valence-electron chi connectivity index (χ3n) is 8.96. The van der Waals surface area contributed by atoms with Crippen LogP contribution in [-0.4, -0.2) is 85.2 Å². The summed E-state index contributed by atoms with van der Waals surface area (Å²) < 4.78 is 7.38. The van der Waals surface area contributed by atoms with Crippen LogP contribution in [-0.2, 0) is 22.5 Å². The largest absolute Gasteiger partial charge is 0.378 e. The van der Waals surface area contributed by atoms with Gasteiger partial charge in [-0.25, -0.2) is 19.9 Å². The number of hydrogen-bond acceptors (Lipinski definition) is 10. The van der Waals surface area contributed by atoms with Crippen LogP contribution in [0.1, 0.15) is 41.9 Å². The molecule has 0 aliphatic carbocycles. The van der Waals surface area contributed by atoms with Gasteiger partial charge in [-0.1, -0.05) is 30.3 Å². The van der Waals surface area contributed by atoms with Gasteiger partial charge in [-0.15, -0.1) is 0 Å². The number of aromatic nitrogens is 5. The Morgan fingerprint density at radius 3 is 2.42 bits per heavy atom. The molecule has 1 saturated heterocycles. The number of rotatable bonds is 6. The highest BCUT2D eigenvalue weighted by molar-refractivity contribution is 5.95. The summed E-state index contributed by atoms with van der Waals surface area (Å²) in [7, 11) is 1.76. The maximum Gasteiger partial charge on any atom is 0.274 e. The average molecular weight is 648 g/mol. The standard InChI is InChI=1S/C35H37N9O4/c1-22(45)44-30-9-8-25(16-26(30)10-11-35(44,2)47)24-6-4-23(5-7-24)19-41(3)33(46)29-21-43-20-28(27-17-37-34(36)38-18-27)39-31(32(43)40-29)42-12-14-48-15-13-42/h4-9,16-18,20-21,47H,10-15,19H2,1-3H3,(H2,36,37,38). The van der Waals surface area contributed by atoms with Crippen LogP contribution < -0.4 is 15.5 Å². The molecule has 13 nitrogen and oxygen atoms in total. The number of nitrogens with zero attached hydrogens (tertiary/aromatic N) is 8. The molecule has 1 atom stereocenters. The number of morpholine rings is 1. The fourth-order valence-electron chi connectivity index (χ4n) is 6.46. The third-order valence-corrected chi connectivity index (χ3v) is 8.96. The number of anilines is 3. The molecule has 3 aromatic heterocycles. The molecule has 2 aromatic carbocycles. The van der Waals surface area contributed by atoms with Crippen LogP contribution in [0.2, 0.25) is 0 Å². The Morgan fingerprint density at radius 1 is 1.00 bits per heavy atom. The Balaban J connectivity index is 1.11. The monoisotopic (exact) mass is 647 g/mol. The van der Waals surface area contributed by atoms with Gasteiger partial charge in [0, 0.05) is 69.6 Å². The van der Waals surface area contributed by atoms with E-state index in [1.807, 2.05) is 47.0 Å². The van der Waals surface area contributed by atoms with Gasteiger partial charge in [0.2, 0.25) is 11.9 Å². The Hall–Kier alpha value is -5.40. The molecule has 7 rings (SSSR count). The maximum absolute atomic E-state index is 13.7. The van der Waals surface area contributed by atoms with E-state index in [2.05, 4.69) is 20.9 Å². The van der Waals surface area contributed by atoms with Crippen LogP contribution in [0.3, 0.4) is 0 Å². The smallest absolute Gasteiger partial charge is 0.274 e. The molecule has 246 valence electrons. The summed E-state index contributed by atoms with van der Waals surface area (Å²) in [5.74, 6) is 0.436. The lowest BCUT2D eigenvalue weighted by Gasteiger charge is -2.41. The summed E-state index contributed by atoms with van der Waals surface area (Å²) in [4.78, 5) is 49.1. The normalized spacial score (nSPS) is 17.8. The van der Waals surface area contributed by atoms with Gasteiger partial charge in [-0.3, -0.25) is 14.5 Å². The van der Waals surface area contributed by atoms with Crippen molar-refractivity contribution in [2.45, 2.75) is 39.0 Å². The molecular weight excluding hydrogens is 610 g/mol. The molecule has 13 heteroatoms. The molecule has 0 spiro atoms. The molecule has 3 N–H and O–H groups in total. The van der Waals surface area contributed by atoms with Crippen molar-refractivity contribution in [3.63, 3.8) is 0 Å². The zero-order chi connectivity index (χ0) is 33.6. The van der Waals surface area contributed by atoms with E-state index >= 15 is 0 Å². The fraction of sp³-hybridized carbons (Fsp3) is 0.314. The minimum Gasteiger partial charge on any atom is -0.378 e. The van der Waals surface area contributed by atoms with E-state index in [9.17, 15) is 14.7 Å². The highest BCUT2D eigenvalue weighted by atomic mass is 16.5. The number of fused-ring (bicyclic) bond motifs is 2. The summed E-state index contributed by atoms with van der Waals surface area (Å²) in [6.45, 7) is 6.00. The molecule has 2 aliphatic rings. The van der Waals surface area contributed by atoms with Crippen LogP contribution in [0, 0.1) is 0 Å². The average Bonchev–Trinajstić information content (AvgIpc) is 3.52. The van der Waals surface area contributed by atoms with Crippen molar-refractivity contribution >= 4 is 34.9 Å². The molecule has 2 amide bonds. The van der Waals surface area contributed by atoms with Crippen LogP contribution in [0.15, 0.2) is 67.3 Å². The van der Waals surface area contributed by atoms with E-state index in [0.29, 0.717) is 74.1 Å². The van der Waals surface area contributed by atoms with Gasteiger partial charge in [-0.2, -0.15) is 0 Å². The van der Waals surface area contributed by atoms with E-state index in [0.717, 1.165) is 27.9 Å². The SMILES string of the molecule is CC(=O)N1c2ccc(-c3ccc(CN(C)C(=O)c4cn5cc(-c6cnc(N)nc6)nc(N6CCOCC6)c5n4)cc3)cc2CCC1(C)O.